The van der Waals surface area contributed by atoms with E-state index >= 15 is 0 Å². The van der Waals surface area contributed by atoms with E-state index in [0.717, 1.165) is 10.0 Å². The van der Waals surface area contributed by atoms with Gasteiger partial charge in [0, 0.05) is 10.5 Å². The Morgan fingerprint density at radius 3 is 2.74 bits per heavy atom. The van der Waals surface area contributed by atoms with Gasteiger partial charge in [0.05, 0.1) is 5.02 Å². The highest BCUT2D eigenvalue weighted by molar-refractivity contribution is 9.10. The number of halogens is 2. The molecule has 1 N–H and O–H groups in total. The third-order valence-electron chi connectivity index (χ3n) is 2.37. The molecule has 2 aromatic rings. The van der Waals surface area contributed by atoms with Crippen LogP contribution >= 0.6 is 27.5 Å². The molecule has 0 atom stereocenters. The van der Waals surface area contributed by atoms with Crippen molar-refractivity contribution in [2.24, 2.45) is 0 Å². The number of hydrogen-bond donors (Lipinski definition) is 1. The van der Waals surface area contributed by atoms with Gasteiger partial charge < -0.3 is 9.84 Å². The van der Waals surface area contributed by atoms with Gasteiger partial charge in [0.1, 0.15) is 5.75 Å². The zero-order valence-electron chi connectivity index (χ0n) is 9.85. The van der Waals surface area contributed by atoms with Crippen LogP contribution in [0, 0.1) is 6.92 Å². The molecule has 0 aliphatic heterocycles. The Bertz CT molecular complexity index is 646. The summed E-state index contributed by atoms with van der Waals surface area (Å²) in [5.41, 5.74) is 0.776. The number of aryl methyl sites for hydroxylation is 1. The Kier molecular flexibility index (Phi) is 4.07. The van der Waals surface area contributed by atoms with E-state index in [4.69, 9.17) is 21.4 Å². The summed E-state index contributed by atoms with van der Waals surface area (Å²) in [6, 6.07) is 8.39. The first kappa shape index (κ1) is 13.8. The molecule has 1 aromatic carbocycles. The topological polar surface area (TPSA) is 59.4 Å². The second kappa shape index (κ2) is 5.59. The van der Waals surface area contributed by atoms with Gasteiger partial charge in [-0.2, -0.15) is 0 Å². The van der Waals surface area contributed by atoms with E-state index in [2.05, 4.69) is 20.9 Å². The van der Waals surface area contributed by atoms with E-state index in [-0.39, 0.29) is 16.6 Å². The van der Waals surface area contributed by atoms with Gasteiger partial charge in [-0.15, -0.1) is 0 Å². The van der Waals surface area contributed by atoms with Gasteiger partial charge in [0.25, 0.3) is 0 Å². The Morgan fingerprint density at radius 2 is 2.11 bits per heavy atom. The summed E-state index contributed by atoms with van der Waals surface area (Å²) < 4.78 is 6.47. The molecule has 0 radical (unpaired) electrons. The maximum Gasteiger partial charge on any atom is 0.356 e. The van der Waals surface area contributed by atoms with Crippen LogP contribution in [0.3, 0.4) is 0 Å². The van der Waals surface area contributed by atoms with Crippen LogP contribution in [-0.2, 0) is 0 Å². The van der Waals surface area contributed by atoms with Crippen molar-refractivity contribution in [3.8, 4) is 11.6 Å². The van der Waals surface area contributed by atoms with Gasteiger partial charge in [-0.05, 0) is 36.8 Å². The number of ether oxygens (including phenoxy) is 1. The van der Waals surface area contributed by atoms with Crippen molar-refractivity contribution in [1.82, 2.24) is 4.98 Å². The lowest BCUT2D eigenvalue weighted by molar-refractivity contribution is 0.0690. The lowest BCUT2D eigenvalue weighted by atomic mass is 10.2. The highest BCUT2D eigenvalue weighted by Gasteiger charge is 2.12. The average Bonchev–Trinajstić information content (AvgIpc) is 2.36. The third kappa shape index (κ3) is 3.24. The fourth-order valence-electron chi connectivity index (χ4n) is 1.43. The normalized spacial score (nSPS) is 10.3. The molecule has 0 bridgehead atoms. The fourth-order valence-corrected chi connectivity index (χ4v) is 1.87. The molecule has 0 saturated heterocycles. The number of carbonyl (C=O) groups is 1. The summed E-state index contributed by atoms with van der Waals surface area (Å²) in [5.74, 6) is -0.433. The third-order valence-corrected chi connectivity index (χ3v) is 3.57. The molecule has 4 nitrogen and oxygen atoms in total. The smallest absolute Gasteiger partial charge is 0.356 e. The van der Waals surface area contributed by atoms with Gasteiger partial charge in [0.2, 0.25) is 5.88 Å². The minimum absolute atomic E-state index is 0.0758. The maximum atomic E-state index is 10.9. The van der Waals surface area contributed by atoms with Crippen LogP contribution in [0.4, 0.5) is 0 Å². The van der Waals surface area contributed by atoms with E-state index in [1.165, 1.54) is 12.1 Å². The van der Waals surface area contributed by atoms with Crippen LogP contribution < -0.4 is 4.74 Å². The maximum absolute atomic E-state index is 10.9. The predicted octanol–water partition coefficient (Wildman–Crippen LogP) is 4.30. The first-order valence-electron chi connectivity index (χ1n) is 5.31. The highest BCUT2D eigenvalue weighted by atomic mass is 79.9. The number of aromatic carboxylic acids is 1. The van der Waals surface area contributed by atoms with E-state index < -0.39 is 5.97 Å². The fraction of sp³-hybridized carbons (Fsp3) is 0.0769. The van der Waals surface area contributed by atoms with Gasteiger partial charge in [0.15, 0.2) is 5.69 Å². The first-order chi connectivity index (χ1) is 8.97. The minimum atomic E-state index is -1.19. The molecule has 1 aromatic heterocycles. The average molecular weight is 343 g/mol. The SMILES string of the molecule is Cc1cc(Oc2ccc(Cl)c(C(=O)O)n2)ccc1Br. The Labute approximate surface area is 123 Å². The van der Waals surface area contributed by atoms with Crippen molar-refractivity contribution >= 4 is 33.5 Å². The molecule has 0 saturated carbocycles. The van der Waals surface area contributed by atoms with Crippen LogP contribution in [0.15, 0.2) is 34.8 Å². The monoisotopic (exact) mass is 341 g/mol. The molecule has 19 heavy (non-hydrogen) atoms. The van der Waals surface area contributed by atoms with Gasteiger partial charge >= 0.3 is 5.97 Å². The summed E-state index contributed by atoms with van der Waals surface area (Å²) in [7, 11) is 0. The van der Waals surface area contributed by atoms with Gasteiger partial charge in [-0.1, -0.05) is 27.5 Å². The summed E-state index contributed by atoms with van der Waals surface area (Å²) in [5, 5.41) is 9.00. The van der Waals surface area contributed by atoms with Gasteiger partial charge in [-0.25, -0.2) is 9.78 Å². The number of aromatic nitrogens is 1. The van der Waals surface area contributed by atoms with Crippen LogP contribution in [0.5, 0.6) is 11.6 Å². The standard InChI is InChI=1S/C13H9BrClNO3/c1-7-6-8(2-3-9(7)14)19-11-5-4-10(15)12(16-11)13(17)18/h2-6H,1H3,(H,17,18). The number of nitrogens with zero attached hydrogens (tertiary/aromatic N) is 1. The highest BCUT2D eigenvalue weighted by Crippen LogP contribution is 2.26. The molecule has 6 heteroatoms. The van der Waals surface area contributed by atoms with Crippen LogP contribution in [0.25, 0.3) is 0 Å². The van der Waals surface area contributed by atoms with Crippen molar-refractivity contribution in [2.45, 2.75) is 6.92 Å². The molecule has 0 aliphatic rings. The van der Waals surface area contributed by atoms with E-state index in [1.807, 2.05) is 19.1 Å². The van der Waals surface area contributed by atoms with Crippen molar-refractivity contribution < 1.29 is 14.6 Å². The predicted molar refractivity (Wildman–Crippen MR) is 75.2 cm³/mol. The van der Waals surface area contributed by atoms with Crippen molar-refractivity contribution in [1.29, 1.82) is 0 Å². The summed E-state index contributed by atoms with van der Waals surface area (Å²) in [4.78, 5) is 14.8. The number of pyridine rings is 1. The molecule has 2 rings (SSSR count). The number of rotatable bonds is 3. The molecule has 0 amide bonds. The van der Waals surface area contributed by atoms with Crippen LogP contribution in [0.1, 0.15) is 16.1 Å². The Morgan fingerprint density at radius 1 is 1.37 bits per heavy atom. The first-order valence-corrected chi connectivity index (χ1v) is 6.48. The molecule has 98 valence electrons. The molecular weight excluding hydrogens is 334 g/mol. The molecule has 0 fully saturated rings. The zero-order valence-corrected chi connectivity index (χ0v) is 12.2. The summed E-state index contributed by atoms with van der Waals surface area (Å²) in [6.45, 7) is 1.93. The number of benzene rings is 1. The van der Waals surface area contributed by atoms with Crippen molar-refractivity contribution in [2.75, 3.05) is 0 Å². The molecule has 0 aliphatic carbocycles. The number of carboxylic acids is 1. The van der Waals surface area contributed by atoms with Crippen LogP contribution in [-0.4, -0.2) is 16.1 Å². The Hall–Kier alpha value is -1.59. The largest absolute Gasteiger partial charge is 0.476 e. The van der Waals surface area contributed by atoms with E-state index in [9.17, 15) is 4.79 Å². The van der Waals surface area contributed by atoms with Crippen molar-refractivity contribution in [3.63, 3.8) is 0 Å². The Balaban J connectivity index is 2.30. The lowest BCUT2D eigenvalue weighted by Crippen LogP contribution is -2.02. The molecule has 0 unspecified atom stereocenters. The van der Waals surface area contributed by atoms with E-state index in [1.54, 1.807) is 6.07 Å². The second-order valence-corrected chi connectivity index (χ2v) is 5.06. The number of hydrogen-bond acceptors (Lipinski definition) is 3. The van der Waals surface area contributed by atoms with Crippen LogP contribution in [0.2, 0.25) is 5.02 Å². The lowest BCUT2D eigenvalue weighted by Gasteiger charge is -2.07. The zero-order chi connectivity index (χ0) is 14.0. The number of carboxylic acid groups (broad SMARTS) is 1. The quantitative estimate of drug-likeness (QED) is 0.903. The summed E-state index contributed by atoms with van der Waals surface area (Å²) >= 11 is 9.12. The van der Waals surface area contributed by atoms with Gasteiger partial charge in [-0.3, -0.25) is 0 Å². The summed E-state index contributed by atoms with van der Waals surface area (Å²) in [6.07, 6.45) is 0. The molecule has 1 heterocycles. The molecule has 0 spiro atoms. The molecular formula is C13H9BrClNO3. The minimum Gasteiger partial charge on any atom is -0.476 e. The van der Waals surface area contributed by atoms with E-state index in [0.29, 0.717) is 5.75 Å². The second-order valence-electron chi connectivity index (χ2n) is 3.80. The van der Waals surface area contributed by atoms with Crippen molar-refractivity contribution in [3.05, 3.63) is 51.1 Å².